The summed E-state index contributed by atoms with van der Waals surface area (Å²) < 4.78 is 7.24. The van der Waals surface area contributed by atoms with Crippen LogP contribution in [0.3, 0.4) is 0 Å². The van der Waals surface area contributed by atoms with E-state index in [1.165, 1.54) is 15.7 Å². The second kappa shape index (κ2) is 4.29. The summed E-state index contributed by atoms with van der Waals surface area (Å²) in [6, 6.07) is 8.19. The Morgan fingerprint density at radius 1 is 1.39 bits per heavy atom. The highest BCUT2D eigenvalue weighted by molar-refractivity contribution is 5.34. The molecule has 1 atom stereocenters. The van der Waals surface area contributed by atoms with Gasteiger partial charge in [0.1, 0.15) is 6.10 Å². The quantitative estimate of drug-likeness (QED) is 0.807. The van der Waals surface area contributed by atoms with E-state index in [1.54, 1.807) is 19.4 Å². The topological polar surface area (TPSA) is 44.1 Å². The Kier molecular flexibility index (Phi) is 2.63. The van der Waals surface area contributed by atoms with E-state index < -0.39 is 0 Å². The van der Waals surface area contributed by atoms with Crippen LogP contribution in [0, 0.1) is 0 Å². The van der Waals surface area contributed by atoms with Crippen molar-refractivity contribution in [3.8, 4) is 5.88 Å². The first-order valence-electron chi connectivity index (χ1n) is 6.02. The first-order valence-corrected chi connectivity index (χ1v) is 6.02. The van der Waals surface area contributed by atoms with Gasteiger partial charge in [-0.1, -0.05) is 24.3 Å². The van der Waals surface area contributed by atoms with Crippen molar-refractivity contribution in [1.82, 2.24) is 9.55 Å². The molecule has 1 aliphatic carbocycles. The molecule has 4 heteroatoms. The van der Waals surface area contributed by atoms with Gasteiger partial charge in [0.25, 0.3) is 5.88 Å². The monoisotopic (exact) mass is 242 g/mol. The summed E-state index contributed by atoms with van der Waals surface area (Å²) in [7, 11) is 1.69. The number of hydrogen-bond donors (Lipinski definition) is 0. The summed E-state index contributed by atoms with van der Waals surface area (Å²) in [6.07, 6.45) is 5.05. The summed E-state index contributed by atoms with van der Waals surface area (Å²) in [4.78, 5) is 15.9. The van der Waals surface area contributed by atoms with Crippen molar-refractivity contribution in [3.05, 3.63) is 58.1 Å². The standard InChI is InChI=1S/C14H14N2O2/c1-16-9-8-15-13(14(16)17)18-12-7-6-10-4-2-3-5-11(10)12/h2-5,8-9,12H,6-7H2,1H3. The molecule has 2 aromatic rings. The molecule has 0 bridgehead atoms. The first-order chi connectivity index (χ1) is 8.75. The van der Waals surface area contributed by atoms with Gasteiger partial charge in [0.15, 0.2) is 0 Å². The van der Waals surface area contributed by atoms with Gasteiger partial charge in [0.2, 0.25) is 0 Å². The molecule has 3 rings (SSSR count). The Morgan fingerprint density at radius 3 is 3.11 bits per heavy atom. The summed E-state index contributed by atoms with van der Waals surface area (Å²) in [5.41, 5.74) is 2.28. The number of hydrogen-bond acceptors (Lipinski definition) is 3. The Morgan fingerprint density at radius 2 is 2.22 bits per heavy atom. The van der Waals surface area contributed by atoms with E-state index in [0.717, 1.165) is 12.8 Å². The number of fused-ring (bicyclic) bond motifs is 1. The molecule has 0 fully saturated rings. The van der Waals surface area contributed by atoms with Crippen molar-refractivity contribution >= 4 is 0 Å². The number of benzene rings is 1. The zero-order valence-electron chi connectivity index (χ0n) is 10.2. The minimum absolute atomic E-state index is 0.0520. The van der Waals surface area contributed by atoms with Crippen LogP contribution in [0.15, 0.2) is 41.5 Å². The van der Waals surface area contributed by atoms with Crippen molar-refractivity contribution in [2.45, 2.75) is 18.9 Å². The van der Waals surface area contributed by atoms with Gasteiger partial charge in [-0.05, 0) is 24.0 Å². The van der Waals surface area contributed by atoms with Gasteiger partial charge in [-0.15, -0.1) is 0 Å². The number of ether oxygens (including phenoxy) is 1. The third-order valence-electron chi connectivity index (χ3n) is 3.32. The zero-order valence-corrected chi connectivity index (χ0v) is 10.2. The molecule has 1 aromatic heterocycles. The Balaban J connectivity index is 1.91. The summed E-state index contributed by atoms with van der Waals surface area (Å²) >= 11 is 0. The minimum atomic E-state index is -0.193. The predicted molar refractivity (Wildman–Crippen MR) is 67.6 cm³/mol. The fraction of sp³-hybridized carbons (Fsp3) is 0.286. The molecule has 4 nitrogen and oxygen atoms in total. The molecule has 0 N–H and O–H groups in total. The third-order valence-corrected chi connectivity index (χ3v) is 3.32. The lowest BCUT2D eigenvalue weighted by Crippen LogP contribution is -2.21. The minimum Gasteiger partial charge on any atom is -0.466 e. The van der Waals surface area contributed by atoms with E-state index in [0.29, 0.717) is 0 Å². The Labute approximate surface area is 105 Å². The van der Waals surface area contributed by atoms with E-state index in [1.807, 2.05) is 12.1 Å². The van der Waals surface area contributed by atoms with Gasteiger partial charge in [-0.2, -0.15) is 0 Å². The molecule has 0 saturated heterocycles. The number of aromatic nitrogens is 2. The van der Waals surface area contributed by atoms with Gasteiger partial charge in [0.05, 0.1) is 0 Å². The molecular formula is C14H14N2O2. The van der Waals surface area contributed by atoms with Crippen LogP contribution in [0.1, 0.15) is 23.7 Å². The predicted octanol–water partition coefficient (Wildman–Crippen LogP) is 1.85. The van der Waals surface area contributed by atoms with Crippen LogP contribution in [0.5, 0.6) is 5.88 Å². The molecule has 0 radical (unpaired) electrons. The summed E-state index contributed by atoms with van der Waals surface area (Å²) in [6.45, 7) is 0. The number of aryl methyl sites for hydroxylation is 2. The number of nitrogens with zero attached hydrogens (tertiary/aromatic N) is 2. The smallest absolute Gasteiger partial charge is 0.313 e. The highest BCUT2D eigenvalue weighted by atomic mass is 16.5. The molecular weight excluding hydrogens is 228 g/mol. The van der Waals surface area contributed by atoms with Gasteiger partial charge in [0, 0.05) is 19.4 Å². The second-order valence-corrected chi connectivity index (χ2v) is 4.49. The van der Waals surface area contributed by atoms with Crippen LogP contribution in [0.25, 0.3) is 0 Å². The van der Waals surface area contributed by atoms with Crippen LogP contribution < -0.4 is 10.3 Å². The molecule has 92 valence electrons. The normalized spacial score (nSPS) is 17.5. The largest absolute Gasteiger partial charge is 0.466 e. The zero-order chi connectivity index (χ0) is 12.5. The molecule has 0 aliphatic heterocycles. The average Bonchev–Trinajstić information content (AvgIpc) is 2.79. The van der Waals surface area contributed by atoms with Crippen molar-refractivity contribution in [1.29, 1.82) is 0 Å². The van der Waals surface area contributed by atoms with E-state index in [4.69, 9.17) is 4.74 Å². The van der Waals surface area contributed by atoms with Gasteiger partial charge >= 0.3 is 5.56 Å². The van der Waals surface area contributed by atoms with Crippen molar-refractivity contribution in [3.63, 3.8) is 0 Å². The van der Waals surface area contributed by atoms with Crippen LogP contribution in [-0.2, 0) is 13.5 Å². The lowest BCUT2D eigenvalue weighted by molar-refractivity contribution is 0.194. The maximum Gasteiger partial charge on any atom is 0.313 e. The molecule has 1 heterocycles. The highest BCUT2D eigenvalue weighted by Gasteiger charge is 2.24. The fourth-order valence-electron chi connectivity index (χ4n) is 2.33. The lowest BCUT2D eigenvalue weighted by Gasteiger charge is -2.13. The molecule has 1 aromatic carbocycles. The first kappa shape index (κ1) is 11.0. The van der Waals surface area contributed by atoms with Gasteiger partial charge < -0.3 is 9.30 Å². The van der Waals surface area contributed by atoms with Crippen LogP contribution in [0.4, 0.5) is 0 Å². The molecule has 1 unspecified atom stereocenters. The molecule has 0 spiro atoms. The van der Waals surface area contributed by atoms with Crippen LogP contribution in [-0.4, -0.2) is 9.55 Å². The van der Waals surface area contributed by atoms with Crippen molar-refractivity contribution < 1.29 is 4.74 Å². The number of rotatable bonds is 2. The molecule has 0 amide bonds. The highest BCUT2D eigenvalue weighted by Crippen LogP contribution is 2.33. The average molecular weight is 242 g/mol. The van der Waals surface area contributed by atoms with E-state index in [9.17, 15) is 4.79 Å². The summed E-state index contributed by atoms with van der Waals surface area (Å²) in [5.74, 6) is 0.182. The van der Waals surface area contributed by atoms with Gasteiger partial charge in [-0.3, -0.25) is 4.79 Å². The maximum atomic E-state index is 11.8. The maximum absolute atomic E-state index is 11.8. The van der Waals surface area contributed by atoms with E-state index in [-0.39, 0.29) is 17.5 Å². The second-order valence-electron chi connectivity index (χ2n) is 4.49. The molecule has 1 aliphatic rings. The van der Waals surface area contributed by atoms with Crippen molar-refractivity contribution in [2.24, 2.45) is 7.05 Å². The fourth-order valence-corrected chi connectivity index (χ4v) is 2.33. The summed E-state index contributed by atoms with van der Waals surface area (Å²) in [5, 5.41) is 0. The van der Waals surface area contributed by atoms with Gasteiger partial charge in [-0.25, -0.2) is 4.98 Å². The molecule has 18 heavy (non-hydrogen) atoms. The van der Waals surface area contributed by atoms with E-state index in [2.05, 4.69) is 17.1 Å². The van der Waals surface area contributed by atoms with Crippen molar-refractivity contribution in [2.75, 3.05) is 0 Å². The SMILES string of the molecule is Cn1ccnc(OC2CCc3ccccc32)c1=O. The Bertz CT molecular complexity index is 634. The van der Waals surface area contributed by atoms with Crippen LogP contribution >= 0.6 is 0 Å². The Hall–Kier alpha value is -2.10. The van der Waals surface area contributed by atoms with E-state index >= 15 is 0 Å². The molecule has 0 saturated carbocycles. The van der Waals surface area contributed by atoms with Crippen LogP contribution in [0.2, 0.25) is 0 Å². The lowest BCUT2D eigenvalue weighted by atomic mass is 10.1. The third kappa shape index (κ3) is 1.79.